The Bertz CT molecular complexity index is 114. The van der Waals surface area contributed by atoms with E-state index in [0.29, 0.717) is 0 Å². The van der Waals surface area contributed by atoms with E-state index < -0.39 is 0 Å². The van der Waals surface area contributed by atoms with Crippen LogP contribution in [0.1, 0.15) is 6.92 Å². The molecule has 0 heterocycles. The first kappa shape index (κ1) is 22.6. The van der Waals surface area contributed by atoms with E-state index in [1.165, 1.54) is 9.12 Å². The maximum absolute atomic E-state index is 8.35. The topological polar surface area (TPSA) is 98.9 Å². The lowest BCUT2D eigenvalue weighted by Crippen LogP contribution is -1.16. The van der Waals surface area contributed by atoms with E-state index in [4.69, 9.17) is 25.0 Å². The van der Waals surface area contributed by atoms with E-state index in [1.54, 1.807) is 6.08 Å². The van der Waals surface area contributed by atoms with Crippen molar-refractivity contribution in [3.05, 3.63) is 12.7 Å². The number of allylic oxidation sites excluding steroid dienone is 1. The zero-order valence-electron chi connectivity index (χ0n) is 6.09. The number of isocyanates is 2. The summed E-state index contributed by atoms with van der Waals surface area (Å²) in [5, 5.41) is 10.8. The number of hydrogen-bond donors (Lipinski definition) is 2. The molecule has 0 spiro atoms. The Labute approximate surface area is 66.8 Å². The number of rotatable bonds is 0. The molecular weight excluding hydrogens is 167 g/mol. The zero-order valence-corrected chi connectivity index (χ0v) is 7.24. The van der Waals surface area contributed by atoms with Gasteiger partial charge in [-0.3, -0.25) is 0 Å². The van der Waals surface area contributed by atoms with Gasteiger partial charge in [-0.1, -0.05) is 10.6 Å². The predicted molar refractivity (Wildman–Crippen MR) is 43.1 cm³/mol. The van der Waals surface area contributed by atoms with Gasteiger partial charge in [-0.2, -0.15) is 0 Å². The van der Waals surface area contributed by atoms with Crippen molar-refractivity contribution in [3.8, 4) is 0 Å². The molecule has 0 aliphatic carbocycles. The highest BCUT2D eigenvalue weighted by Crippen LogP contribution is 1.38. The van der Waals surface area contributed by atoms with Crippen molar-refractivity contribution < 1.29 is 14.2 Å². The molecule has 0 saturated carbocycles. The van der Waals surface area contributed by atoms with Gasteiger partial charge >= 0.3 is 9.12 Å². The minimum atomic E-state index is 0.750. The summed E-state index contributed by atoms with van der Waals surface area (Å²) in [7, 11) is 1.17. The summed E-state index contributed by atoms with van der Waals surface area (Å²) >= 11 is 0. The summed E-state index contributed by atoms with van der Waals surface area (Å²) in [6.07, 6.45) is 3.25. The molecule has 0 aromatic rings. The molecule has 0 amide bonds. The summed E-state index contributed by atoms with van der Waals surface area (Å²) in [4.78, 5) is 16.7. The van der Waals surface area contributed by atoms with Gasteiger partial charge in [-0.15, -0.1) is 6.58 Å². The smallest absolute Gasteiger partial charge is 0.222 e. The third-order valence-corrected chi connectivity index (χ3v) is 0. The number of nitrogens with one attached hydrogen (secondary N) is 2. The molecule has 2 N–H and O–H groups in total. The van der Waals surface area contributed by atoms with E-state index in [0.717, 1.165) is 12.2 Å². The third kappa shape index (κ3) is 191. The van der Waals surface area contributed by atoms with Crippen LogP contribution in [-0.2, 0) is 14.2 Å². The summed E-state index contributed by atoms with van der Waals surface area (Å²) in [6, 6.07) is 0. The lowest BCUT2D eigenvalue weighted by atomic mass is 10.8. The molecule has 6 heteroatoms. The molecule has 0 aromatic carbocycles. The Morgan fingerprint density at radius 2 is 1.27 bits per heavy atom. The van der Waals surface area contributed by atoms with Gasteiger partial charge in [0.25, 0.3) is 0 Å². The Hall–Kier alpha value is -1.40. The van der Waals surface area contributed by atoms with Crippen LogP contribution in [0.3, 0.4) is 0 Å². The highest BCUT2D eigenvalue weighted by molar-refractivity contribution is 7.00. The van der Waals surface area contributed by atoms with Crippen LogP contribution in [0.25, 0.3) is 0 Å². The van der Waals surface area contributed by atoms with Crippen molar-refractivity contribution in [2.45, 2.75) is 6.92 Å². The highest BCUT2D eigenvalue weighted by atomic mass is 31.0. The van der Waals surface area contributed by atoms with Gasteiger partial charge in [-0.05, 0) is 6.92 Å². The largest absolute Gasteiger partial charge is 0.310 e. The lowest BCUT2D eigenvalue weighted by Gasteiger charge is -1.31. The minimum absolute atomic E-state index is 0.750. The molecular formula is C5H10N2O3P+. The minimum Gasteiger partial charge on any atom is -0.222 e. The van der Waals surface area contributed by atoms with Crippen LogP contribution in [0.4, 0.5) is 0 Å². The molecule has 0 rings (SSSR count). The SMILES string of the molecule is C=CC.N=C=O.N=C=O.O=[PH2+]. The number of carbonyl (C=O) groups excluding carboxylic acids is 2. The van der Waals surface area contributed by atoms with Crippen LogP contribution < -0.4 is 0 Å². The average molecular weight is 177 g/mol. The summed E-state index contributed by atoms with van der Waals surface area (Å²) in [5.74, 6) is 0. The van der Waals surface area contributed by atoms with Gasteiger partial charge in [0.2, 0.25) is 12.2 Å². The lowest BCUT2D eigenvalue weighted by molar-refractivity contribution is 0.562. The predicted octanol–water partition coefficient (Wildman–Crippen LogP) is 1.20. The van der Waals surface area contributed by atoms with E-state index in [2.05, 4.69) is 6.58 Å². The second kappa shape index (κ2) is 194. The molecule has 0 aliphatic rings. The monoisotopic (exact) mass is 177 g/mol. The van der Waals surface area contributed by atoms with E-state index in [9.17, 15) is 0 Å². The Balaban J connectivity index is -0.0000000301. The first-order chi connectivity index (χ1) is 5.24. The van der Waals surface area contributed by atoms with Crippen molar-refractivity contribution in [1.82, 2.24) is 0 Å². The van der Waals surface area contributed by atoms with E-state index in [1.807, 2.05) is 6.92 Å². The highest BCUT2D eigenvalue weighted by Gasteiger charge is 1.15. The van der Waals surface area contributed by atoms with Crippen LogP contribution in [0.15, 0.2) is 12.7 Å². The summed E-state index contributed by atoms with van der Waals surface area (Å²) in [6.45, 7) is 5.25. The molecule has 5 nitrogen and oxygen atoms in total. The van der Waals surface area contributed by atoms with Crippen LogP contribution in [0, 0.1) is 10.8 Å². The molecule has 0 bridgehead atoms. The molecule has 0 radical (unpaired) electrons. The fourth-order valence-corrected chi connectivity index (χ4v) is 0. The van der Waals surface area contributed by atoms with Crippen LogP contribution in [-0.4, -0.2) is 12.2 Å². The zero-order chi connectivity index (χ0) is 10.1. The molecule has 0 fully saturated rings. The molecule has 0 aromatic heterocycles. The Morgan fingerprint density at radius 1 is 1.27 bits per heavy atom. The fourth-order valence-electron chi connectivity index (χ4n) is 0. The molecule has 0 aliphatic heterocycles. The summed E-state index contributed by atoms with van der Waals surface area (Å²) < 4.78 is 8.17. The number of hydrogen-bond acceptors (Lipinski definition) is 5. The fraction of sp³-hybridized carbons (Fsp3) is 0.200. The van der Waals surface area contributed by atoms with Crippen molar-refractivity contribution in [1.29, 1.82) is 10.8 Å². The quantitative estimate of drug-likeness (QED) is 0.251. The van der Waals surface area contributed by atoms with E-state index >= 15 is 0 Å². The molecule has 0 saturated heterocycles. The maximum Gasteiger partial charge on any atom is 0.310 e. The Kier molecular flexibility index (Phi) is 399. The Morgan fingerprint density at radius 3 is 1.27 bits per heavy atom. The molecule has 62 valence electrons. The first-order valence-electron chi connectivity index (χ1n) is 2.13. The maximum atomic E-state index is 8.35. The summed E-state index contributed by atoms with van der Waals surface area (Å²) in [5.41, 5.74) is 0. The van der Waals surface area contributed by atoms with Crippen LogP contribution >= 0.6 is 9.12 Å². The van der Waals surface area contributed by atoms with Gasteiger partial charge in [0, 0.05) is 0 Å². The normalized spacial score (nSPS) is 3.00. The van der Waals surface area contributed by atoms with Crippen LogP contribution in [0.5, 0.6) is 0 Å². The van der Waals surface area contributed by atoms with Gasteiger partial charge in [0.05, 0.1) is 0 Å². The average Bonchev–Trinajstić information content (AvgIpc) is 1.96. The van der Waals surface area contributed by atoms with Gasteiger partial charge in [0.15, 0.2) is 0 Å². The van der Waals surface area contributed by atoms with Crippen molar-refractivity contribution in [3.63, 3.8) is 0 Å². The first-order valence-corrected chi connectivity index (χ1v) is 2.60. The second-order valence-electron chi connectivity index (χ2n) is 0.612. The van der Waals surface area contributed by atoms with Gasteiger partial charge in [-0.25, -0.2) is 20.4 Å². The van der Waals surface area contributed by atoms with Gasteiger partial charge < -0.3 is 0 Å². The standard InChI is InChI=1S/C3H6.2CHNO.H2OP/c1-3-2;2*2-1-3;1-2/h3H,1H2,2H3;2*2H;2H2/q;;;+1. The van der Waals surface area contributed by atoms with Crippen molar-refractivity contribution >= 4 is 21.3 Å². The molecule has 1 atom stereocenters. The van der Waals surface area contributed by atoms with Crippen molar-refractivity contribution in [2.24, 2.45) is 0 Å². The third-order valence-electron chi connectivity index (χ3n) is 0. The van der Waals surface area contributed by atoms with Crippen molar-refractivity contribution in [2.75, 3.05) is 0 Å². The van der Waals surface area contributed by atoms with E-state index in [-0.39, 0.29) is 0 Å². The van der Waals surface area contributed by atoms with Gasteiger partial charge in [0.1, 0.15) is 0 Å². The molecule has 1 unspecified atom stereocenters. The second-order valence-corrected chi connectivity index (χ2v) is 0.612. The van der Waals surface area contributed by atoms with Crippen LogP contribution in [0.2, 0.25) is 0 Å². The molecule has 11 heavy (non-hydrogen) atoms.